The average Bonchev–Trinajstić information content (AvgIpc) is 3.08. The molecule has 4 nitrogen and oxygen atoms in total. The summed E-state index contributed by atoms with van der Waals surface area (Å²) in [6.07, 6.45) is 2.76. The zero-order valence-electron chi connectivity index (χ0n) is 15.5. The monoisotopic (exact) mass is 368 g/mol. The third-order valence-electron chi connectivity index (χ3n) is 4.21. The molecular weight excluding hydrogens is 344 g/mol. The zero-order chi connectivity index (χ0) is 18.4. The Morgan fingerprint density at radius 3 is 2.65 bits per heavy atom. The Kier molecular flexibility index (Phi) is 6.34. The van der Waals surface area contributed by atoms with E-state index in [-0.39, 0.29) is 0 Å². The number of thioether (sulfide) groups is 1. The maximum atomic E-state index is 5.75. The van der Waals surface area contributed by atoms with Crippen molar-refractivity contribution in [3.63, 3.8) is 0 Å². The molecule has 0 saturated carbocycles. The Balaban J connectivity index is 1.47. The predicted molar refractivity (Wildman–Crippen MR) is 105 cm³/mol. The summed E-state index contributed by atoms with van der Waals surface area (Å²) in [5.74, 6) is 2.48. The van der Waals surface area contributed by atoms with Crippen molar-refractivity contribution in [1.29, 1.82) is 0 Å². The van der Waals surface area contributed by atoms with Crippen molar-refractivity contribution in [3.05, 3.63) is 70.6 Å². The van der Waals surface area contributed by atoms with Crippen molar-refractivity contribution in [2.45, 2.75) is 44.1 Å². The maximum Gasteiger partial charge on any atom is 0.276 e. The van der Waals surface area contributed by atoms with E-state index in [1.54, 1.807) is 18.9 Å². The van der Waals surface area contributed by atoms with Gasteiger partial charge in [-0.25, -0.2) is 0 Å². The fraction of sp³-hybridized carbons (Fsp3) is 0.333. The fourth-order valence-corrected chi connectivity index (χ4v) is 3.61. The second-order valence-corrected chi connectivity index (χ2v) is 7.32. The van der Waals surface area contributed by atoms with Crippen LogP contribution in [0, 0.1) is 13.8 Å². The molecule has 0 aliphatic rings. The Hall–Kier alpha value is -2.27. The highest BCUT2D eigenvalue weighted by Crippen LogP contribution is 2.23. The minimum Gasteiger partial charge on any atom is -0.496 e. The Morgan fingerprint density at radius 2 is 1.88 bits per heavy atom. The number of rotatable bonds is 8. The quantitative estimate of drug-likeness (QED) is 0.514. The lowest BCUT2D eigenvalue weighted by atomic mass is 10.1. The molecule has 1 heterocycles. The van der Waals surface area contributed by atoms with Crippen LogP contribution < -0.4 is 4.74 Å². The van der Waals surface area contributed by atoms with Crippen molar-refractivity contribution in [3.8, 4) is 5.75 Å². The van der Waals surface area contributed by atoms with Gasteiger partial charge in [0.2, 0.25) is 5.89 Å². The molecule has 5 heteroatoms. The number of benzene rings is 2. The number of hydrogen-bond donors (Lipinski definition) is 0. The van der Waals surface area contributed by atoms with E-state index in [0.29, 0.717) is 11.1 Å². The van der Waals surface area contributed by atoms with E-state index in [2.05, 4.69) is 60.4 Å². The topological polar surface area (TPSA) is 48.2 Å². The first-order chi connectivity index (χ1) is 12.6. The smallest absolute Gasteiger partial charge is 0.276 e. The van der Waals surface area contributed by atoms with Crippen LogP contribution in [0.2, 0.25) is 0 Å². The lowest BCUT2D eigenvalue weighted by molar-refractivity contribution is 0.408. The van der Waals surface area contributed by atoms with E-state index in [0.717, 1.165) is 36.3 Å². The van der Waals surface area contributed by atoms with E-state index in [1.165, 1.54) is 16.7 Å². The Morgan fingerprint density at radius 1 is 1.00 bits per heavy atom. The summed E-state index contributed by atoms with van der Waals surface area (Å²) in [5, 5.41) is 8.95. The summed E-state index contributed by atoms with van der Waals surface area (Å²) < 4.78 is 11.1. The van der Waals surface area contributed by atoms with Gasteiger partial charge in [0.05, 0.1) is 7.11 Å². The van der Waals surface area contributed by atoms with Crippen LogP contribution in [-0.2, 0) is 18.6 Å². The minimum atomic E-state index is 0.641. The summed E-state index contributed by atoms with van der Waals surface area (Å²) in [6.45, 7) is 4.17. The number of methoxy groups -OCH3 is 1. The van der Waals surface area contributed by atoms with E-state index >= 15 is 0 Å². The van der Waals surface area contributed by atoms with Crippen LogP contribution in [0.3, 0.4) is 0 Å². The number of ether oxygens (including phenoxy) is 1. The molecule has 0 unspecified atom stereocenters. The predicted octanol–water partition coefficient (Wildman–Crippen LogP) is 5.16. The average molecular weight is 369 g/mol. The third kappa shape index (κ3) is 5.11. The number of hydrogen-bond acceptors (Lipinski definition) is 5. The molecule has 0 amide bonds. The number of nitrogens with zero attached hydrogens (tertiary/aromatic N) is 2. The van der Waals surface area contributed by atoms with Crippen molar-refractivity contribution >= 4 is 11.8 Å². The molecule has 0 fully saturated rings. The number of aromatic nitrogens is 2. The molecule has 0 aliphatic heterocycles. The van der Waals surface area contributed by atoms with Crippen molar-refractivity contribution in [1.82, 2.24) is 10.2 Å². The fourth-order valence-electron chi connectivity index (χ4n) is 2.88. The summed E-state index contributed by atoms with van der Waals surface area (Å²) in [5.41, 5.74) is 5.00. The van der Waals surface area contributed by atoms with Crippen LogP contribution >= 0.6 is 11.8 Å². The highest BCUT2D eigenvalue weighted by atomic mass is 32.2. The normalized spacial score (nSPS) is 10.9. The Bertz CT molecular complexity index is 861. The van der Waals surface area contributed by atoms with Gasteiger partial charge >= 0.3 is 0 Å². The molecule has 3 aromatic rings. The van der Waals surface area contributed by atoms with Crippen LogP contribution in [0.1, 0.15) is 34.6 Å². The standard InChI is InChI=1S/C21H24N2O2S/c1-15-6-4-8-18(12-15)14-26-21-23-22-20(25-21)9-5-7-17-10-11-19(24-3)16(2)13-17/h4,6,8,10-13H,5,7,9,14H2,1-3H3. The summed E-state index contributed by atoms with van der Waals surface area (Å²) in [6, 6.07) is 14.8. The number of aryl methyl sites for hydroxylation is 4. The first-order valence-electron chi connectivity index (χ1n) is 8.78. The molecule has 2 aromatic carbocycles. The molecule has 0 saturated heterocycles. The van der Waals surface area contributed by atoms with E-state index < -0.39 is 0 Å². The van der Waals surface area contributed by atoms with Gasteiger partial charge in [-0.3, -0.25) is 0 Å². The van der Waals surface area contributed by atoms with E-state index in [9.17, 15) is 0 Å². The first kappa shape index (κ1) is 18.5. The molecular formula is C21H24N2O2S. The van der Waals surface area contributed by atoms with Gasteiger partial charge in [0.15, 0.2) is 0 Å². The van der Waals surface area contributed by atoms with Gasteiger partial charge in [-0.15, -0.1) is 10.2 Å². The van der Waals surface area contributed by atoms with Gasteiger partial charge in [-0.05, 0) is 49.4 Å². The third-order valence-corrected chi connectivity index (χ3v) is 5.10. The van der Waals surface area contributed by atoms with Crippen LogP contribution in [0.5, 0.6) is 5.75 Å². The minimum absolute atomic E-state index is 0.641. The second-order valence-electron chi connectivity index (χ2n) is 6.40. The second kappa shape index (κ2) is 8.90. The molecule has 1 aromatic heterocycles. The van der Waals surface area contributed by atoms with E-state index in [1.807, 2.05) is 6.07 Å². The molecule has 0 N–H and O–H groups in total. The van der Waals surface area contributed by atoms with Gasteiger partial charge in [0, 0.05) is 12.2 Å². The SMILES string of the molecule is COc1ccc(CCCc2nnc(SCc3cccc(C)c3)o2)cc1C. The first-order valence-corrected chi connectivity index (χ1v) is 9.77. The van der Waals surface area contributed by atoms with Crippen molar-refractivity contribution in [2.24, 2.45) is 0 Å². The van der Waals surface area contributed by atoms with Crippen molar-refractivity contribution < 1.29 is 9.15 Å². The molecule has 0 aliphatic carbocycles. The van der Waals surface area contributed by atoms with Gasteiger partial charge in [-0.2, -0.15) is 0 Å². The van der Waals surface area contributed by atoms with Crippen LogP contribution in [0.4, 0.5) is 0 Å². The molecule has 0 bridgehead atoms. The molecule has 3 rings (SSSR count). The molecule has 0 atom stereocenters. The van der Waals surface area contributed by atoms with E-state index in [4.69, 9.17) is 9.15 Å². The highest BCUT2D eigenvalue weighted by molar-refractivity contribution is 7.98. The zero-order valence-corrected chi connectivity index (χ0v) is 16.3. The van der Waals surface area contributed by atoms with Gasteiger partial charge in [0.1, 0.15) is 5.75 Å². The van der Waals surface area contributed by atoms with Crippen LogP contribution in [-0.4, -0.2) is 17.3 Å². The van der Waals surface area contributed by atoms with Crippen LogP contribution in [0.15, 0.2) is 52.1 Å². The van der Waals surface area contributed by atoms with Gasteiger partial charge < -0.3 is 9.15 Å². The summed E-state index contributed by atoms with van der Waals surface area (Å²) in [7, 11) is 1.70. The molecule has 136 valence electrons. The van der Waals surface area contributed by atoms with Crippen LogP contribution in [0.25, 0.3) is 0 Å². The highest BCUT2D eigenvalue weighted by Gasteiger charge is 2.08. The molecule has 26 heavy (non-hydrogen) atoms. The molecule has 0 spiro atoms. The van der Waals surface area contributed by atoms with Gasteiger partial charge in [-0.1, -0.05) is 53.7 Å². The lowest BCUT2D eigenvalue weighted by Gasteiger charge is -2.06. The van der Waals surface area contributed by atoms with Crippen molar-refractivity contribution in [2.75, 3.05) is 7.11 Å². The van der Waals surface area contributed by atoms with Gasteiger partial charge in [0.25, 0.3) is 5.22 Å². The summed E-state index contributed by atoms with van der Waals surface area (Å²) in [4.78, 5) is 0. The summed E-state index contributed by atoms with van der Waals surface area (Å²) >= 11 is 1.58. The largest absolute Gasteiger partial charge is 0.496 e. The molecule has 0 radical (unpaired) electrons. The lowest BCUT2D eigenvalue weighted by Crippen LogP contribution is -1.93. The maximum absolute atomic E-state index is 5.75. The Labute approximate surface area is 159 Å².